The Morgan fingerprint density at radius 3 is 2.20 bits per heavy atom. The summed E-state index contributed by atoms with van der Waals surface area (Å²) in [6, 6.07) is 2.30. The minimum Gasteiger partial charge on any atom is -0.343 e. The van der Waals surface area contributed by atoms with Gasteiger partial charge < -0.3 is 10.2 Å². The molecule has 1 aliphatic heterocycles. The summed E-state index contributed by atoms with van der Waals surface area (Å²) >= 11 is 0. The van der Waals surface area contributed by atoms with Crippen LogP contribution in [0.2, 0.25) is 0 Å². The van der Waals surface area contributed by atoms with Crippen molar-refractivity contribution in [2.75, 3.05) is 24.2 Å². The van der Waals surface area contributed by atoms with Gasteiger partial charge in [0.1, 0.15) is 5.75 Å². The van der Waals surface area contributed by atoms with Crippen molar-refractivity contribution in [2.24, 2.45) is 0 Å². The van der Waals surface area contributed by atoms with Crippen molar-refractivity contribution < 1.29 is 18.0 Å². The Hall–Kier alpha value is -1.89. The molecule has 1 aromatic carbocycles. The van der Waals surface area contributed by atoms with E-state index in [1.165, 1.54) is 22.3 Å². The smallest absolute Gasteiger partial charge is 0.239 e. The fourth-order valence-electron chi connectivity index (χ4n) is 5.28. The van der Waals surface area contributed by atoms with E-state index in [1.807, 2.05) is 6.92 Å². The van der Waals surface area contributed by atoms with E-state index >= 15 is 0 Å². The third-order valence-corrected chi connectivity index (χ3v) is 8.99. The standard InChI is InChI=1S/C23H32N2O4S/c1-2-5-22(27)25-12-10-18(11-13-25)30(28,29)15-21(26)24-23-19-8-3-6-16(19)14-17-7-4-9-20(17)23/h14,18H,2-13,15H2,1H3,(H,24,26). The van der Waals surface area contributed by atoms with E-state index in [4.69, 9.17) is 0 Å². The fourth-order valence-corrected chi connectivity index (χ4v) is 6.88. The molecule has 0 radical (unpaired) electrons. The average Bonchev–Trinajstić information content (AvgIpc) is 3.37. The number of piperidine rings is 1. The summed E-state index contributed by atoms with van der Waals surface area (Å²) in [5.41, 5.74) is 5.96. The fraction of sp³-hybridized carbons (Fsp3) is 0.652. The molecule has 164 valence electrons. The topological polar surface area (TPSA) is 83.6 Å². The molecule has 30 heavy (non-hydrogen) atoms. The van der Waals surface area contributed by atoms with E-state index in [9.17, 15) is 18.0 Å². The summed E-state index contributed by atoms with van der Waals surface area (Å²) < 4.78 is 25.8. The predicted octanol–water partition coefficient (Wildman–Crippen LogP) is 2.81. The molecule has 2 amide bonds. The monoisotopic (exact) mass is 432 g/mol. The maximum Gasteiger partial charge on any atom is 0.239 e. The predicted molar refractivity (Wildman–Crippen MR) is 117 cm³/mol. The molecule has 0 spiro atoms. The zero-order valence-electron chi connectivity index (χ0n) is 17.8. The van der Waals surface area contributed by atoms with Gasteiger partial charge in [-0.3, -0.25) is 9.59 Å². The molecule has 0 aromatic heterocycles. The van der Waals surface area contributed by atoms with E-state index in [0.717, 1.165) is 50.6 Å². The van der Waals surface area contributed by atoms with Crippen LogP contribution in [0.4, 0.5) is 5.69 Å². The van der Waals surface area contributed by atoms with Crippen molar-refractivity contribution in [3.8, 4) is 0 Å². The lowest BCUT2D eigenvalue weighted by molar-refractivity contribution is -0.132. The largest absolute Gasteiger partial charge is 0.343 e. The number of amides is 2. The maximum atomic E-state index is 12.9. The van der Waals surface area contributed by atoms with Gasteiger partial charge in [0.25, 0.3) is 0 Å². The van der Waals surface area contributed by atoms with Gasteiger partial charge in [-0.05, 0) is 80.0 Å². The number of likely N-dealkylation sites (tertiary alicyclic amines) is 1. The number of nitrogens with zero attached hydrogens (tertiary/aromatic N) is 1. The lowest BCUT2D eigenvalue weighted by Gasteiger charge is -2.31. The van der Waals surface area contributed by atoms with E-state index in [-0.39, 0.29) is 5.91 Å². The van der Waals surface area contributed by atoms with Gasteiger partial charge in [0.15, 0.2) is 9.84 Å². The maximum absolute atomic E-state index is 12.9. The van der Waals surface area contributed by atoms with Gasteiger partial charge in [0, 0.05) is 25.2 Å². The van der Waals surface area contributed by atoms with E-state index in [1.54, 1.807) is 4.90 Å². The summed E-state index contributed by atoms with van der Waals surface area (Å²) in [5.74, 6) is -0.800. The number of rotatable bonds is 6. The molecular weight excluding hydrogens is 400 g/mol. The molecule has 2 aliphatic carbocycles. The first-order chi connectivity index (χ1) is 14.4. The molecule has 6 nitrogen and oxygen atoms in total. The molecule has 0 bridgehead atoms. The summed E-state index contributed by atoms with van der Waals surface area (Å²) in [5, 5.41) is 2.46. The number of benzene rings is 1. The van der Waals surface area contributed by atoms with Crippen molar-refractivity contribution in [3.63, 3.8) is 0 Å². The van der Waals surface area contributed by atoms with Crippen LogP contribution >= 0.6 is 0 Å². The van der Waals surface area contributed by atoms with Crippen LogP contribution in [0.5, 0.6) is 0 Å². The van der Waals surface area contributed by atoms with Crippen LogP contribution in [0.15, 0.2) is 6.07 Å². The van der Waals surface area contributed by atoms with Crippen LogP contribution < -0.4 is 5.32 Å². The van der Waals surface area contributed by atoms with Crippen LogP contribution in [0.1, 0.15) is 67.7 Å². The Bertz CT molecular complexity index is 914. The molecule has 7 heteroatoms. The van der Waals surface area contributed by atoms with Crippen LogP contribution in [0.3, 0.4) is 0 Å². The first-order valence-electron chi connectivity index (χ1n) is 11.3. The summed E-state index contributed by atoms with van der Waals surface area (Å²) in [6.07, 6.45) is 8.31. The van der Waals surface area contributed by atoms with Gasteiger partial charge >= 0.3 is 0 Å². The molecule has 1 fully saturated rings. The van der Waals surface area contributed by atoms with Gasteiger partial charge in [-0.25, -0.2) is 8.42 Å². The number of sulfone groups is 1. The molecule has 1 heterocycles. The second-order valence-electron chi connectivity index (χ2n) is 8.92. The molecule has 0 unspecified atom stereocenters. The van der Waals surface area contributed by atoms with Crippen molar-refractivity contribution in [1.82, 2.24) is 4.90 Å². The van der Waals surface area contributed by atoms with Crippen molar-refractivity contribution in [1.29, 1.82) is 0 Å². The second kappa shape index (κ2) is 8.69. The minimum absolute atomic E-state index is 0.0953. The highest BCUT2D eigenvalue weighted by Crippen LogP contribution is 2.38. The highest BCUT2D eigenvalue weighted by atomic mass is 32.2. The third kappa shape index (κ3) is 4.27. The lowest BCUT2D eigenvalue weighted by atomic mass is 9.98. The average molecular weight is 433 g/mol. The molecule has 1 saturated heterocycles. The first kappa shape index (κ1) is 21.3. The Kier molecular flexibility index (Phi) is 6.19. The summed E-state index contributed by atoms with van der Waals surface area (Å²) in [6.45, 7) is 2.89. The Morgan fingerprint density at radius 1 is 1.03 bits per heavy atom. The zero-order valence-corrected chi connectivity index (χ0v) is 18.7. The first-order valence-corrected chi connectivity index (χ1v) is 13.1. The van der Waals surface area contributed by atoms with Gasteiger partial charge in [0.2, 0.25) is 11.8 Å². The summed E-state index contributed by atoms with van der Waals surface area (Å²) in [4.78, 5) is 26.6. The molecule has 0 saturated carbocycles. The molecule has 0 atom stereocenters. The van der Waals surface area contributed by atoms with E-state index in [0.29, 0.717) is 32.4 Å². The van der Waals surface area contributed by atoms with Gasteiger partial charge in [-0.15, -0.1) is 0 Å². The SMILES string of the molecule is CCCC(=O)N1CCC(S(=O)(=O)CC(=O)Nc2c3c(cc4c2CCC4)CCC3)CC1. The summed E-state index contributed by atoms with van der Waals surface area (Å²) in [7, 11) is -3.54. The van der Waals surface area contributed by atoms with Gasteiger partial charge in [0.05, 0.1) is 5.25 Å². The van der Waals surface area contributed by atoms with Gasteiger partial charge in [-0.2, -0.15) is 0 Å². The molecule has 1 N–H and O–H groups in total. The molecule has 1 aromatic rings. The third-order valence-electron chi connectivity index (χ3n) is 6.84. The lowest BCUT2D eigenvalue weighted by Crippen LogP contribution is -2.44. The van der Waals surface area contributed by atoms with Crippen LogP contribution in [0.25, 0.3) is 0 Å². The highest BCUT2D eigenvalue weighted by molar-refractivity contribution is 7.92. The zero-order chi connectivity index (χ0) is 21.3. The number of nitrogens with one attached hydrogen (secondary N) is 1. The number of hydrogen-bond donors (Lipinski definition) is 1. The highest BCUT2D eigenvalue weighted by Gasteiger charge is 2.33. The normalized spacial score (nSPS) is 18.9. The number of fused-ring (bicyclic) bond motifs is 2. The number of anilines is 1. The molecule has 3 aliphatic rings. The Morgan fingerprint density at radius 2 is 1.63 bits per heavy atom. The number of carbonyl (C=O) groups excluding carboxylic acids is 2. The van der Waals surface area contributed by atoms with E-state index < -0.39 is 26.7 Å². The number of carbonyl (C=O) groups is 2. The van der Waals surface area contributed by atoms with Crippen molar-refractivity contribution in [3.05, 3.63) is 28.3 Å². The molecule has 4 rings (SSSR count). The van der Waals surface area contributed by atoms with E-state index in [2.05, 4.69) is 11.4 Å². The van der Waals surface area contributed by atoms with Crippen molar-refractivity contribution in [2.45, 2.75) is 76.4 Å². The second-order valence-corrected chi connectivity index (χ2v) is 11.2. The Balaban J connectivity index is 1.41. The quantitative estimate of drug-likeness (QED) is 0.749. The Labute approximate surface area is 179 Å². The molecular formula is C23H32N2O4S. The van der Waals surface area contributed by atoms with Crippen LogP contribution in [0, 0.1) is 0 Å². The van der Waals surface area contributed by atoms with Crippen LogP contribution in [-0.2, 0) is 45.1 Å². The van der Waals surface area contributed by atoms with Crippen LogP contribution in [-0.4, -0.2) is 49.2 Å². The number of hydrogen-bond acceptors (Lipinski definition) is 4. The number of aryl methyl sites for hydroxylation is 2. The minimum atomic E-state index is -3.54. The van der Waals surface area contributed by atoms with Gasteiger partial charge in [-0.1, -0.05) is 13.0 Å². The van der Waals surface area contributed by atoms with Crippen molar-refractivity contribution >= 4 is 27.3 Å².